The zero-order chi connectivity index (χ0) is 12.5. The van der Waals surface area contributed by atoms with E-state index in [0.29, 0.717) is 12.8 Å². The number of aromatic hydroxyl groups is 1. The van der Waals surface area contributed by atoms with Crippen molar-refractivity contribution in [1.82, 2.24) is 10.6 Å². The van der Waals surface area contributed by atoms with Gasteiger partial charge in [0.25, 0.3) is 5.91 Å². The molecule has 3 amide bonds. The number of benzene rings is 1. The zero-order valence-corrected chi connectivity index (χ0v) is 9.49. The SMILES string of the molecule is C[C@]1(CCc2ccc(O)cc2)NC(=O)NC1=O. The molecule has 1 aliphatic rings. The van der Waals surface area contributed by atoms with Crippen LogP contribution in [0.5, 0.6) is 5.75 Å². The monoisotopic (exact) mass is 234 g/mol. The number of amides is 3. The van der Waals surface area contributed by atoms with Crippen molar-refractivity contribution in [3.8, 4) is 5.75 Å². The van der Waals surface area contributed by atoms with Gasteiger partial charge in [0, 0.05) is 0 Å². The standard InChI is InChI=1S/C12H14N2O3/c1-12(10(16)13-11(17)14-12)7-6-8-2-4-9(15)5-3-8/h2-5,15H,6-7H2,1H3,(H2,13,14,16,17)/t12-/m1/s1. The second-order valence-electron chi connectivity index (χ2n) is 4.41. The Balaban J connectivity index is 2.00. The van der Waals surface area contributed by atoms with Gasteiger partial charge in [0.05, 0.1) is 0 Å². The number of rotatable bonds is 3. The van der Waals surface area contributed by atoms with Crippen LogP contribution in [0.25, 0.3) is 0 Å². The molecular weight excluding hydrogens is 220 g/mol. The fraction of sp³-hybridized carbons (Fsp3) is 0.333. The van der Waals surface area contributed by atoms with Crippen molar-refractivity contribution in [3.63, 3.8) is 0 Å². The molecule has 0 bridgehead atoms. The maximum atomic E-state index is 11.5. The maximum absolute atomic E-state index is 11.5. The first-order valence-electron chi connectivity index (χ1n) is 5.41. The van der Waals surface area contributed by atoms with E-state index in [0.717, 1.165) is 5.56 Å². The minimum Gasteiger partial charge on any atom is -0.508 e. The second kappa shape index (κ2) is 4.08. The number of aryl methyl sites for hydroxylation is 1. The van der Waals surface area contributed by atoms with Crippen LogP contribution in [0.1, 0.15) is 18.9 Å². The third kappa shape index (κ3) is 2.38. The third-order valence-corrected chi connectivity index (χ3v) is 2.97. The van der Waals surface area contributed by atoms with Crippen molar-refractivity contribution < 1.29 is 14.7 Å². The molecule has 17 heavy (non-hydrogen) atoms. The summed E-state index contributed by atoms with van der Waals surface area (Å²) in [6.07, 6.45) is 1.18. The highest BCUT2D eigenvalue weighted by Gasteiger charge is 2.41. The summed E-state index contributed by atoms with van der Waals surface area (Å²) in [6, 6.07) is 6.36. The second-order valence-corrected chi connectivity index (χ2v) is 4.41. The topological polar surface area (TPSA) is 78.4 Å². The van der Waals surface area contributed by atoms with Crippen LogP contribution in [0.3, 0.4) is 0 Å². The molecule has 1 aromatic rings. The van der Waals surface area contributed by atoms with E-state index in [-0.39, 0.29) is 11.7 Å². The molecule has 90 valence electrons. The zero-order valence-electron chi connectivity index (χ0n) is 9.49. The van der Waals surface area contributed by atoms with Gasteiger partial charge in [-0.1, -0.05) is 12.1 Å². The lowest BCUT2D eigenvalue weighted by molar-refractivity contribution is -0.123. The summed E-state index contributed by atoms with van der Waals surface area (Å²) in [5.41, 5.74) is 0.174. The van der Waals surface area contributed by atoms with Crippen LogP contribution in [0, 0.1) is 0 Å². The van der Waals surface area contributed by atoms with E-state index in [1.54, 1.807) is 31.2 Å². The molecule has 5 heteroatoms. The predicted octanol–water partition coefficient (Wildman–Crippen LogP) is 0.923. The number of nitrogens with one attached hydrogen (secondary N) is 2. The van der Waals surface area contributed by atoms with Crippen molar-refractivity contribution >= 4 is 11.9 Å². The van der Waals surface area contributed by atoms with Crippen LogP contribution in [0.4, 0.5) is 4.79 Å². The summed E-state index contributed by atoms with van der Waals surface area (Å²) in [6.45, 7) is 1.70. The lowest BCUT2D eigenvalue weighted by Crippen LogP contribution is -2.43. The minimum atomic E-state index is -0.838. The normalized spacial score (nSPS) is 23.4. The Morgan fingerprint density at radius 3 is 2.41 bits per heavy atom. The number of phenols is 1. The highest BCUT2D eigenvalue weighted by atomic mass is 16.3. The number of urea groups is 1. The van der Waals surface area contributed by atoms with Crippen LogP contribution < -0.4 is 10.6 Å². The van der Waals surface area contributed by atoms with Gasteiger partial charge in [0.15, 0.2) is 0 Å². The van der Waals surface area contributed by atoms with Crippen molar-refractivity contribution in [1.29, 1.82) is 0 Å². The van der Waals surface area contributed by atoms with Gasteiger partial charge >= 0.3 is 6.03 Å². The van der Waals surface area contributed by atoms with E-state index in [9.17, 15) is 9.59 Å². The molecule has 0 saturated carbocycles. The molecule has 0 unspecified atom stereocenters. The van der Waals surface area contributed by atoms with Crippen molar-refractivity contribution in [3.05, 3.63) is 29.8 Å². The van der Waals surface area contributed by atoms with Crippen LogP contribution in [0.2, 0.25) is 0 Å². The number of phenolic OH excluding ortho intramolecular Hbond substituents is 1. The molecule has 0 aromatic heterocycles. The van der Waals surface area contributed by atoms with Gasteiger partial charge in [-0.25, -0.2) is 4.79 Å². The number of carbonyl (C=O) groups is 2. The molecule has 1 heterocycles. The molecule has 0 spiro atoms. The molecule has 0 aliphatic carbocycles. The van der Waals surface area contributed by atoms with Gasteiger partial charge in [0.1, 0.15) is 11.3 Å². The summed E-state index contributed by atoms with van der Waals surface area (Å²) >= 11 is 0. The van der Waals surface area contributed by atoms with Gasteiger partial charge in [-0.05, 0) is 37.5 Å². The highest BCUT2D eigenvalue weighted by molar-refractivity contribution is 6.06. The van der Waals surface area contributed by atoms with Crippen molar-refractivity contribution in [2.24, 2.45) is 0 Å². The van der Waals surface area contributed by atoms with Crippen molar-refractivity contribution in [2.75, 3.05) is 0 Å². The van der Waals surface area contributed by atoms with Crippen LogP contribution in [0.15, 0.2) is 24.3 Å². The van der Waals surface area contributed by atoms with Gasteiger partial charge in [-0.3, -0.25) is 10.1 Å². The Morgan fingerprint density at radius 1 is 1.24 bits per heavy atom. The quantitative estimate of drug-likeness (QED) is 0.680. The summed E-state index contributed by atoms with van der Waals surface area (Å²) in [5, 5.41) is 14.0. The van der Waals surface area contributed by atoms with Crippen LogP contribution in [-0.2, 0) is 11.2 Å². The predicted molar refractivity (Wildman–Crippen MR) is 61.5 cm³/mol. The van der Waals surface area contributed by atoms with Gasteiger partial charge < -0.3 is 10.4 Å². The van der Waals surface area contributed by atoms with E-state index in [1.807, 2.05) is 0 Å². The first-order chi connectivity index (χ1) is 7.99. The number of carbonyl (C=O) groups excluding carboxylic acids is 2. The Morgan fingerprint density at radius 2 is 1.88 bits per heavy atom. The fourth-order valence-corrected chi connectivity index (χ4v) is 1.81. The smallest absolute Gasteiger partial charge is 0.322 e. The number of imide groups is 1. The molecule has 1 saturated heterocycles. The Kier molecular flexibility index (Phi) is 2.75. The Labute approximate surface area is 98.8 Å². The lowest BCUT2D eigenvalue weighted by atomic mass is 9.93. The van der Waals surface area contributed by atoms with Gasteiger partial charge in [-0.2, -0.15) is 0 Å². The Hall–Kier alpha value is -2.04. The molecule has 3 N–H and O–H groups in total. The summed E-state index contributed by atoms with van der Waals surface area (Å²) in [4.78, 5) is 22.6. The minimum absolute atomic E-state index is 0.215. The fourth-order valence-electron chi connectivity index (χ4n) is 1.81. The highest BCUT2D eigenvalue weighted by Crippen LogP contribution is 2.19. The average molecular weight is 234 g/mol. The van der Waals surface area contributed by atoms with E-state index >= 15 is 0 Å². The van der Waals surface area contributed by atoms with Crippen molar-refractivity contribution in [2.45, 2.75) is 25.3 Å². The molecular formula is C12H14N2O3. The maximum Gasteiger partial charge on any atom is 0.322 e. The van der Waals surface area contributed by atoms with E-state index in [4.69, 9.17) is 5.11 Å². The van der Waals surface area contributed by atoms with Gasteiger partial charge in [0.2, 0.25) is 0 Å². The lowest BCUT2D eigenvalue weighted by Gasteiger charge is -2.20. The first-order valence-corrected chi connectivity index (χ1v) is 5.41. The van der Waals surface area contributed by atoms with E-state index < -0.39 is 11.6 Å². The number of hydrogen-bond acceptors (Lipinski definition) is 3. The molecule has 0 radical (unpaired) electrons. The largest absolute Gasteiger partial charge is 0.508 e. The van der Waals surface area contributed by atoms with Gasteiger partial charge in [-0.15, -0.1) is 0 Å². The molecule has 1 atom stereocenters. The average Bonchev–Trinajstić information content (AvgIpc) is 2.52. The molecule has 1 fully saturated rings. The van der Waals surface area contributed by atoms with E-state index in [2.05, 4.69) is 10.6 Å². The summed E-state index contributed by atoms with van der Waals surface area (Å²) in [5.74, 6) is -0.0758. The van der Waals surface area contributed by atoms with E-state index in [1.165, 1.54) is 0 Å². The molecule has 5 nitrogen and oxygen atoms in total. The third-order valence-electron chi connectivity index (χ3n) is 2.97. The summed E-state index contributed by atoms with van der Waals surface area (Å²) in [7, 11) is 0. The first kappa shape index (κ1) is 11.4. The molecule has 2 rings (SSSR count). The van der Waals surface area contributed by atoms with Crippen LogP contribution in [-0.4, -0.2) is 22.6 Å². The number of hydrogen-bond donors (Lipinski definition) is 3. The Bertz CT molecular complexity index is 455. The summed E-state index contributed by atoms with van der Waals surface area (Å²) < 4.78 is 0. The molecule has 1 aliphatic heterocycles. The van der Waals surface area contributed by atoms with Crippen LogP contribution >= 0.6 is 0 Å². The molecule has 1 aromatic carbocycles.